The van der Waals surface area contributed by atoms with Gasteiger partial charge in [0.2, 0.25) is 10.0 Å². The second-order valence-corrected chi connectivity index (χ2v) is 7.27. The van der Waals surface area contributed by atoms with E-state index < -0.39 is 10.0 Å². The Kier molecular flexibility index (Phi) is 3.29. The second kappa shape index (κ2) is 4.51. The number of rotatable bonds is 3. The quantitative estimate of drug-likeness (QED) is 0.787. The molecule has 0 aliphatic carbocycles. The van der Waals surface area contributed by atoms with Gasteiger partial charge in [-0.15, -0.1) is 0 Å². The monoisotopic (exact) mass is 280 g/mol. The van der Waals surface area contributed by atoms with Crippen LogP contribution in [0.5, 0.6) is 5.75 Å². The summed E-state index contributed by atoms with van der Waals surface area (Å²) in [7, 11) is -2.21. The van der Waals surface area contributed by atoms with Crippen LogP contribution in [0.15, 0.2) is 23.1 Å². The molecule has 0 spiro atoms. The molecule has 5 nitrogen and oxygen atoms in total. The zero-order valence-electron chi connectivity index (χ0n) is 11.2. The molecule has 0 aromatic heterocycles. The van der Waals surface area contributed by atoms with E-state index in [4.69, 9.17) is 10.00 Å². The molecule has 102 valence electrons. The fraction of sp³-hybridized carbons (Fsp3) is 0.462. The van der Waals surface area contributed by atoms with Crippen molar-refractivity contribution in [2.24, 2.45) is 0 Å². The highest BCUT2D eigenvalue weighted by molar-refractivity contribution is 7.89. The Hall–Kier alpha value is -1.58. The molecule has 0 radical (unpaired) electrons. The number of hydrogen-bond donors (Lipinski definition) is 0. The summed E-state index contributed by atoms with van der Waals surface area (Å²) in [5, 5.41) is 8.59. The van der Waals surface area contributed by atoms with E-state index >= 15 is 0 Å². The van der Waals surface area contributed by atoms with Crippen LogP contribution in [0, 0.1) is 11.3 Å². The molecule has 1 aromatic carbocycles. The molecule has 1 aromatic rings. The lowest BCUT2D eigenvalue weighted by atomic mass is 10.0. The summed E-state index contributed by atoms with van der Waals surface area (Å²) in [6.07, 6.45) is 0.674. The first-order valence-electron chi connectivity index (χ1n) is 5.91. The maximum absolute atomic E-state index is 12.2. The van der Waals surface area contributed by atoms with Crippen LogP contribution in [-0.2, 0) is 16.4 Å². The van der Waals surface area contributed by atoms with E-state index in [0.717, 1.165) is 15.6 Å². The molecule has 2 rings (SSSR count). The smallest absolute Gasteiger partial charge is 0.243 e. The van der Waals surface area contributed by atoms with E-state index in [1.54, 1.807) is 12.1 Å². The Morgan fingerprint density at radius 2 is 2.16 bits per heavy atom. The molecule has 1 aliphatic rings. The van der Waals surface area contributed by atoms with Crippen molar-refractivity contribution in [3.63, 3.8) is 0 Å². The lowest BCUT2D eigenvalue weighted by Crippen LogP contribution is -2.27. The number of benzene rings is 1. The van der Waals surface area contributed by atoms with Gasteiger partial charge >= 0.3 is 0 Å². The van der Waals surface area contributed by atoms with Gasteiger partial charge < -0.3 is 4.74 Å². The van der Waals surface area contributed by atoms with Crippen LogP contribution in [0.1, 0.15) is 19.4 Å². The van der Waals surface area contributed by atoms with Crippen molar-refractivity contribution in [1.29, 1.82) is 5.26 Å². The molecule has 0 bridgehead atoms. The zero-order valence-corrected chi connectivity index (χ0v) is 12.0. The summed E-state index contributed by atoms with van der Waals surface area (Å²) in [4.78, 5) is 0.199. The van der Waals surface area contributed by atoms with Crippen molar-refractivity contribution in [1.82, 2.24) is 4.31 Å². The molecule has 0 N–H and O–H groups in total. The topological polar surface area (TPSA) is 70.4 Å². The van der Waals surface area contributed by atoms with Crippen molar-refractivity contribution in [3.8, 4) is 11.8 Å². The average Bonchev–Trinajstić information content (AvgIpc) is 2.61. The number of sulfonamides is 1. The maximum atomic E-state index is 12.2. The van der Waals surface area contributed by atoms with E-state index in [-0.39, 0.29) is 17.0 Å². The first-order valence-corrected chi connectivity index (χ1v) is 7.35. The Morgan fingerprint density at radius 1 is 1.47 bits per heavy atom. The highest BCUT2D eigenvalue weighted by Crippen LogP contribution is 2.36. The summed E-state index contributed by atoms with van der Waals surface area (Å²) in [5.74, 6) is 0.729. The summed E-state index contributed by atoms with van der Waals surface area (Å²) in [5.41, 5.74) is 0.583. The number of ether oxygens (including phenoxy) is 1. The van der Waals surface area contributed by atoms with Gasteiger partial charge in [0.1, 0.15) is 17.9 Å². The van der Waals surface area contributed by atoms with Crippen LogP contribution >= 0.6 is 0 Å². The van der Waals surface area contributed by atoms with E-state index in [9.17, 15) is 8.42 Å². The fourth-order valence-electron chi connectivity index (χ4n) is 2.11. The number of hydrogen-bond acceptors (Lipinski definition) is 4. The molecule has 0 amide bonds. The Bertz CT molecular complexity index is 644. The average molecular weight is 280 g/mol. The molecule has 19 heavy (non-hydrogen) atoms. The predicted molar refractivity (Wildman–Crippen MR) is 70.3 cm³/mol. The van der Waals surface area contributed by atoms with E-state index in [1.807, 2.05) is 19.9 Å². The Balaban J connectivity index is 2.38. The third-order valence-electron chi connectivity index (χ3n) is 3.04. The zero-order chi connectivity index (χ0) is 14.3. The standard InChI is InChI=1S/C13H16N2O3S/c1-13(2)9-10-8-11(4-5-12(10)18-13)19(16,17)15(3)7-6-14/h4-5,8H,7,9H2,1-3H3. The first kappa shape index (κ1) is 13.8. The first-order chi connectivity index (χ1) is 8.76. The number of nitrogens with zero attached hydrogens (tertiary/aromatic N) is 2. The molecular formula is C13H16N2O3S. The SMILES string of the molecule is CN(CC#N)S(=O)(=O)c1ccc2c(c1)CC(C)(C)O2. The summed E-state index contributed by atoms with van der Waals surface area (Å²) in [6.45, 7) is 3.76. The van der Waals surface area contributed by atoms with Crippen LogP contribution in [0.25, 0.3) is 0 Å². The Morgan fingerprint density at radius 3 is 2.79 bits per heavy atom. The lowest BCUT2D eigenvalue weighted by molar-refractivity contribution is 0.138. The van der Waals surface area contributed by atoms with Gasteiger partial charge in [0.15, 0.2) is 0 Å². The molecule has 0 saturated heterocycles. The molecule has 0 saturated carbocycles. The minimum atomic E-state index is -3.60. The molecule has 1 heterocycles. The van der Waals surface area contributed by atoms with Gasteiger partial charge in [0, 0.05) is 13.5 Å². The van der Waals surface area contributed by atoms with Crippen molar-refractivity contribution in [3.05, 3.63) is 23.8 Å². The van der Waals surface area contributed by atoms with Crippen molar-refractivity contribution < 1.29 is 13.2 Å². The van der Waals surface area contributed by atoms with Crippen LogP contribution in [0.4, 0.5) is 0 Å². The number of fused-ring (bicyclic) bond motifs is 1. The minimum absolute atomic E-state index is 0.165. The molecular weight excluding hydrogens is 264 g/mol. The third-order valence-corrected chi connectivity index (χ3v) is 4.84. The molecule has 1 aliphatic heterocycles. The minimum Gasteiger partial charge on any atom is -0.487 e. The molecule has 0 atom stereocenters. The van der Waals surface area contributed by atoms with Crippen LogP contribution in [0.3, 0.4) is 0 Å². The molecule has 6 heteroatoms. The van der Waals surface area contributed by atoms with Gasteiger partial charge in [-0.1, -0.05) is 0 Å². The van der Waals surface area contributed by atoms with E-state index in [1.165, 1.54) is 13.1 Å². The van der Waals surface area contributed by atoms with Crippen molar-refractivity contribution in [2.75, 3.05) is 13.6 Å². The van der Waals surface area contributed by atoms with Crippen molar-refractivity contribution in [2.45, 2.75) is 30.8 Å². The lowest BCUT2D eigenvalue weighted by Gasteiger charge is -2.16. The highest BCUT2D eigenvalue weighted by atomic mass is 32.2. The summed E-state index contributed by atoms with van der Waals surface area (Å²) >= 11 is 0. The van der Waals surface area contributed by atoms with Gasteiger partial charge in [-0.25, -0.2) is 8.42 Å². The largest absolute Gasteiger partial charge is 0.487 e. The molecule has 0 unspecified atom stereocenters. The third kappa shape index (κ3) is 2.57. The van der Waals surface area contributed by atoms with Gasteiger partial charge in [-0.2, -0.15) is 9.57 Å². The van der Waals surface area contributed by atoms with Gasteiger partial charge in [-0.3, -0.25) is 0 Å². The van der Waals surface area contributed by atoms with E-state index in [2.05, 4.69) is 0 Å². The van der Waals surface area contributed by atoms with Crippen LogP contribution in [0.2, 0.25) is 0 Å². The second-order valence-electron chi connectivity index (χ2n) is 5.23. The summed E-state index contributed by atoms with van der Waals surface area (Å²) < 4.78 is 31.2. The van der Waals surface area contributed by atoms with Gasteiger partial charge in [0.25, 0.3) is 0 Å². The van der Waals surface area contributed by atoms with Gasteiger partial charge in [-0.05, 0) is 37.6 Å². The van der Waals surface area contributed by atoms with Crippen LogP contribution in [-0.4, -0.2) is 31.9 Å². The number of nitriles is 1. The van der Waals surface area contributed by atoms with E-state index in [0.29, 0.717) is 6.42 Å². The predicted octanol–water partition coefficient (Wildman–Crippen LogP) is 1.54. The summed E-state index contributed by atoms with van der Waals surface area (Å²) in [6, 6.07) is 6.66. The Labute approximate surface area is 113 Å². The van der Waals surface area contributed by atoms with Crippen molar-refractivity contribution >= 4 is 10.0 Å². The maximum Gasteiger partial charge on any atom is 0.243 e. The highest BCUT2D eigenvalue weighted by Gasteiger charge is 2.31. The normalized spacial score (nSPS) is 16.8. The fourth-order valence-corrected chi connectivity index (χ4v) is 3.23. The van der Waals surface area contributed by atoms with Crippen LogP contribution < -0.4 is 4.74 Å². The molecule has 0 fully saturated rings. The van der Waals surface area contributed by atoms with Gasteiger partial charge in [0.05, 0.1) is 11.0 Å².